The zero-order valence-corrected chi connectivity index (χ0v) is 8.70. The first-order valence-corrected chi connectivity index (χ1v) is 4.68. The fourth-order valence-corrected chi connectivity index (χ4v) is 1.21. The number of anilines is 2. The number of aliphatic hydroxyl groups excluding tert-OH is 1. The first-order valence-electron chi connectivity index (χ1n) is 4.68. The summed E-state index contributed by atoms with van der Waals surface area (Å²) >= 11 is 0. The van der Waals surface area contributed by atoms with E-state index in [1.165, 1.54) is 12.1 Å². The van der Waals surface area contributed by atoms with Crippen molar-refractivity contribution in [1.82, 2.24) is 0 Å². The number of carbonyl (C=O) groups is 2. The van der Waals surface area contributed by atoms with Crippen LogP contribution in [0.3, 0.4) is 0 Å². The maximum Gasteiger partial charge on any atom is 0.335 e. The molecule has 7 nitrogen and oxygen atoms in total. The van der Waals surface area contributed by atoms with Crippen LogP contribution in [0, 0.1) is 0 Å². The van der Waals surface area contributed by atoms with Gasteiger partial charge in [0.25, 0.3) is 0 Å². The highest BCUT2D eigenvalue weighted by Crippen LogP contribution is 2.18. The normalized spacial score (nSPS) is 13.7. The zero-order chi connectivity index (χ0) is 13.0. The maximum absolute atomic E-state index is 10.8. The van der Waals surface area contributed by atoms with Gasteiger partial charge in [-0.25, -0.2) is 9.59 Å². The van der Waals surface area contributed by atoms with E-state index in [2.05, 4.69) is 5.32 Å². The first-order chi connectivity index (χ1) is 7.93. The van der Waals surface area contributed by atoms with Crippen LogP contribution in [0.1, 0.15) is 0 Å². The van der Waals surface area contributed by atoms with E-state index in [0.717, 1.165) is 0 Å². The lowest BCUT2D eigenvalue weighted by atomic mass is 10.1. The maximum atomic E-state index is 10.8. The van der Waals surface area contributed by atoms with E-state index in [4.69, 9.17) is 15.9 Å². The van der Waals surface area contributed by atoms with Gasteiger partial charge in [0.05, 0.1) is 11.4 Å². The number of hydrogen-bond acceptors (Lipinski definition) is 5. The van der Waals surface area contributed by atoms with E-state index in [9.17, 15) is 14.7 Å². The number of hydrogen-bond donors (Lipinski definition) is 5. The fourth-order valence-electron chi connectivity index (χ4n) is 1.21. The smallest absolute Gasteiger partial charge is 0.335 e. The van der Waals surface area contributed by atoms with Crippen LogP contribution >= 0.6 is 0 Å². The molecule has 0 aliphatic rings. The Labute approximate surface area is 96.5 Å². The average Bonchev–Trinajstić information content (AvgIpc) is 2.26. The predicted octanol–water partition coefficient (Wildman–Crippen LogP) is -0.421. The minimum Gasteiger partial charge on any atom is -0.480 e. The molecule has 92 valence electrons. The number of carboxylic acid groups (broad SMARTS) is 2. The third kappa shape index (κ3) is 3.08. The third-order valence-corrected chi connectivity index (χ3v) is 2.11. The molecule has 17 heavy (non-hydrogen) atoms. The molecule has 0 amide bonds. The van der Waals surface area contributed by atoms with E-state index < -0.39 is 24.1 Å². The highest BCUT2D eigenvalue weighted by Gasteiger charge is 2.32. The number of benzene rings is 1. The van der Waals surface area contributed by atoms with Gasteiger partial charge in [0.15, 0.2) is 12.1 Å². The quantitative estimate of drug-likeness (QED) is 0.441. The standard InChI is InChI=1S/C10H12N2O5/c11-5-3-1-2-4-6(5)12-7(9(14)15)8(13)10(16)17/h1-4,7-8,12-13H,11H2,(H,14,15)(H,16,17)/t7-,8?/m0/s1. The Bertz CT molecular complexity index is 434. The lowest BCUT2D eigenvalue weighted by Crippen LogP contribution is -2.45. The molecule has 1 rings (SSSR count). The van der Waals surface area contributed by atoms with Crippen LogP contribution in [0.2, 0.25) is 0 Å². The second kappa shape index (κ2) is 5.17. The largest absolute Gasteiger partial charge is 0.480 e. The van der Waals surface area contributed by atoms with Gasteiger partial charge in [-0.3, -0.25) is 0 Å². The number of nitrogens with one attached hydrogen (secondary N) is 1. The summed E-state index contributed by atoms with van der Waals surface area (Å²) in [6, 6.07) is 4.58. The van der Waals surface area contributed by atoms with Gasteiger partial charge >= 0.3 is 11.9 Å². The van der Waals surface area contributed by atoms with Crippen molar-refractivity contribution in [2.75, 3.05) is 11.1 Å². The molecule has 0 spiro atoms. The second-order valence-corrected chi connectivity index (χ2v) is 3.33. The molecular weight excluding hydrogens is 228 g/mol. The minimum absolute atomic E-state index is 0.250. The topological polar surface area (TPSA) is 133 Å². The summed E-state index contributed by atoms with van der Waals surface area (Å²) in [5.74, 6) is -3.11. The Kier molecular flexibility index (Phi) is 3.89. The summed E-state index contributed by atoms with van der Waals surface area (Å²) in [4.78, 5) is 21.4. The molecule has 1 aromatic rings. The van der Waals surface area contributed by atoms with Gasteiger partial charge in [-0.15, -0.1) is 0 Å². The van der Waals surface area contributed by atoms with Gasteiger partial charge < -0.3 is 26.4 Å². The van der Waals surface area contributed by atoms with Gasteiger partial charge in [0.2, 0.25) is 0 Å². The van der Waals surface area contributed by atoms with Gasteiger partial charge in [0, 0.05) is 0 Å². The Morgan fingerprint density at radius 3 is 2.24 bits per heavy atom. The number of aliphatic hydroxyl groups is 1. The fraction of sp³-hybridized carbons (Fsp3) is 0.200. The molecule has 0 fully saturated rings. The summed E-state index contributed by atoms with van der Waals surface area (Å²) in [6.45, 7) is 0. The van der Waals surface area contributed by atoms with Crippen LogP contribution in [0.4, 0.5) is 11.4 Å². The lowest BCUT2D eigenvalue weighted by Gasteiger charge is -2.19. The number of nitrogen functional groups attached to an aromatic ring is 1. The third-order valence-electron chi connectivity index (χ3n) is 2.11. The number of rotatable bonds is 5. The molecule has 0 aliphatic heterocycles. The molecule has 1 unspecified atom stereocenters. The van der Waals surface area contributed by atoms with E-state index in [-0.39, 0.29) is 11.4 Å². The van der Waals surface area contributed by atoms with Crippen molar-refractivity contribution in [3.8, 4) is 0 Å². The van der Waals surface area contributed by atoms with Crippen molar-refractivity contribution < 1.29 is 24.9 Å². The van der Waals surface area contributed by atoms with Crippen LogP contribution < -0.4 is 11.1 Å². The molecule has 0 heterocycles. The van der Waals surface area contributed by atoms with Crippen LogP contribution in [-0.2, 0) is 9.59 Å². The Balaban J connectivity index is 2.92. The number of aliphatic carboxylic acids is 2. The minimum atomic E-state index is -2.06. The van der Waals surface area contributed by atoms with Crippen molar-refractivity contribution in [2.24, 2.45) is 0 Å². The van der Waals surface area contributed by atoms with Gasteiger partial charge in [-0.05, 0) is 12.1 Å². The Morgan fingerprint density at radius 1 is 1.18 bits per heavy atom. The number of para-hydroxylation sites is 2. The van der Waals surface area contributed by atoms with Gasteiger partial charge in [0.1, 0.15) is 0 Å². The molecule has 2 atom stereocenters. The van der Waals surface area contributed by atoms with Crippen molar-refractivity contribution >= 4 is 23.3 Å². The second-order valence-electron chi connectivity index (χ2n) is 3.33. The number of carboxylic acids is 2. The van der Waals surface area contributed by atoms with E-state index in [0.29, 0.717) is 0 Å². The molecule has 0 saturated heterocycles. The molecule has 0 saturated carbocycles. The van der Waals surface area contributed by atoms with Crippen LogP contribution in [0.5, 0.6) is 0 Å². The molecule has 0 aromatic heterocycles. The molecular formula is C10H12N2O5. The molecule has 6 N–H and O–H groups in total. The number of nitrogens with two attached hydrogens (primary N) is 1. The van der Waals surface area contributed by atoms with Crippen LogP contribution in [0.15, 0.2) is 24.3 Å². The van der Waals surface area contributed by atoms with Crippen molar-refractivity contribution in [3.05, 3.63) is 24.3 Å². The molecule has 0 radical (unpaired) electrons. The van der Waals surface area contributed by atoms with Crippen LogP contribution in [0.25, 0.3) is 0 Å². The average molecular weight is 240 g/mol. The summed E-state index contributed by atoms with van der Waals surface area (Å²) < 4.78 is 0. The van der Waals surface area contributed by atoms with Crippen molar-refractivity contribution in [3.63, 3.8) is 0 Å². The SMILES string of the molecule is Nc1ccccc1N[C@H](C(=O)O)C(O)C(=O)O. The molecule has 0 aliphatic carbocycles. The van der Waals surface area contributed by atoms with E-state index in [1.54, 1.807) is 12.1 Å². The zero-order valence-electron chi connectivity index (χ0n) is 8.70. The summed E-state index contributed by atoms with van der Waals surface area (Å²) in [7, 11) is 0. The highest BCUT2D eigenvalue weighted by atomic mass is 16.4. The molecule has 0 bridgehead atoms. The summed E-state index contributed by atoms with van der Waals surface area (Å²) in [5.41, 5.74) is 6.07. The van der Waals surface area contributed by atoms with E-state index >= 15 is 0 Å². The Morgan fingerprint density at radius 2 is 1.76 bits per heavy atom. The summed E-state index contributed by atoms with van der Waals surface area (Å²) in [6.07, 6.45) is -2.06. The lowest BCUT2D eigenvalue weighted by molar-refractivity contribution is -0.154. The Hall–Kier alpha value is -2.28. The van der Waals surface area contributed by atoms with Crippen LogP contribution in [-0.4, -0.2) is 39.4 Å². The summed E-state index contributed by atoms with van der Waals surface area (Å²) in [5, 5.41) is 29.0. The van der Waals surface area contributed by atoms with Crippen molar-refractivity contribution in [1.29, 1.82) is 0 Å². The predicted molar refractivity (Wildman–Crippen MR) is 59.5 cm³/mol. The van der Waals surface area contributed by atoms with Gasteiger partial charge in [-0.1, -0.05) is 12.1 Å². The molecule has 7 heteroatoms. The first kappa shape index (κ1) is 12.8. The molecule has 1 aromatic carbocycles. The highest BCUT2D eigenvalue weighted by molar-refractivity contribution is 5.87. The van der Waals surface area contributed by atoms with E-state index in [1.807, 2.05) is 0 Å². The van der Waals surface area contributed by atoms with Gasteiger partial charge in [-0.2, -0.15) is 0 Å². The monoisotopic (exact) mass is 240 g/mol. The van der Waals surface area contributed by atoms with Crippen molar-refractivity contribution in [2.45, 2.75) is 12.1 Å².